The number of rotatable bonds is 6. The van der Waals surface area contributed by atoms with Gasteiger partial charge in [0.05, 0.1) is 30.0 Å². The third-order valence-corrected chi connectivity index (χ3v) is 4.69. The number of anilines is 1. The van der Waals surface area contributed by atoms with E-state index in [2.05, 4.69) is 15.4 Å². The van der Waals surface area contributed by atoms with Crippen LogP contribution in [0.4, 0.5) is 20.2 Å². The van der Waals surface area contributed by atoms with Crippen LogP contribution in [0.25, 0.3) is 16.9 Å². The van der Waals surface area contributed by atoms with Gasteiger partial charge in [-0.2, -0.15) is 5.10 Å². The molecule has 0 unspecified atom stereocenters. The summed E-state index contributed by atoms with van der Waals surface area (Å²) in [6, 6.07) is 13.8. The van der Waals surface area contributed by atoms with Crippen molar-refractivity contribution in [3.63, 3.8) is 0 Å². The van der Waals surface area contributed by atoms with Gasteiger partial charge in [-0.3, -0.25) is 14.9 Å². The number of nitrogens with zero attached hydrogens (tertiary/aromatic N) is 4. The van der Waals surface area contributed by atoms with Gasteiger partial charge in [0.1, 0.15) is 22.7 Å². The van der Waals surface area contributed by atoms with Crippen molar-refractivity contribution in [1.82, 2.24) is 14.6 Å². The van der Waals surface area contributed by atoms with Crippen LogP contribution in [0.1, 0.15) is 22.5 Å². The van der Waals surface area contributed by atoms with Crippen molar-refractivity contribution in [3.05, 3.63) is 82.2 Å². The van der Waals surface area contributed by atoms with E-state index in [0.717, 1.165) is 16.8 Å². The topological polar surface area (TPSA) is 112 Å². The number of benzene rings is 2. The Kier molecular flexibility index (Phi) is 5.46. The molecule has 0 aliphatic heterocycles. The summed E-state index contributed by atoms with van der Waals surface area (Å²) in [7, 11) is 1.35. The molecule has 4 aromatic rings. The molecule has 9 nitrogen and oxygen atoms in total. The average Bonchev–Trinajstić information content (AvgIpc) is 3.23. The van der Waals surface area contributed by atoms with Crippen LogP contribution in [0, 0.1) is 10.1 Å². The second-order valence-electron chi connectivity index (χ2n) is 6.62. The maximum atomic E-state index is 13.7. The first-order valence-corrected chi connectivity index (χ1v) is 9.25. The number of hydrogen-bond donors (Lipinski definition) is 1. The smallest absolute Gasteiger partial charge is 0.296 e. The molecule has 0 aliphatic rings. The highest BCUT2D eigenvalue weighted by molar-refractivity contribution is 6.09. The maximum absolute atomic E-state index is 13.7. The molecule has 11 heteroatoms. The zero-order valence-corrected chi connectivity index (χ0v) is 16.5. The Morgan fingerprint density at radius 2 is 1.94 bits per heavy atom. The Bertz CT molecular complexity index is 1320. The zero-order valence-electron chi connectivity index (χ0n) is 16.5. The zero-order chi connectivity index (χ0) is 22.8. The second-order valence-corrected chi connectivity index (χ2v) is 6.62. The lowest BCUT2D eigenvalue weighted by Gasteiger charge is -2.09. The minimum atomic E-state index is -2.87. The molecule has 4 rings (SSSR count). The molecule has 162 valence electrons. The Labute approximate surface area is 179 Å². The number of halogens is 2. The molecule has 0 saturated carbocycles. The number of methoxy groups -OCH3 is 1. The number of nitro groups is 1. The number of hydrogen-bond acceptors (Lipinski definition) is 6. The molecule has 0 atom stereocenters. The van der Waals surface area contributed by atoms with Gasteiger partial charge in [-0.05, 0) is 18.2 Å². The van der Waals surface area contributed by atoms with Crippen LogP contribution in [0.2, 0.25) is 0 Å². The molecule has 0 radical (unpaired) electrons. The van der Waals surface area contributed by atoms with Crippen LogP contribution in [-0.2, 0) is 0 Å². The van der Waals surface area contributed by atoms with Crippen molar-refractivity contribution in [3.8, 4) is 17.0 Å². The normalized spacial score (nSPS) is 11.0. The van der Waals surface area contributed by atoms with E-state index < -0.39 is 22.9 Å². The van der Waals surface area contributed by atoms with E-state index in [9.17, 15) is 23.7 Å². The number of aromatic nitrogens is 3. The van der Waals surface area contributed by atoms with E-state index in [1.165, 1.54) is 25.3 Å². The molecule has 2 aromatic carbocycles. The SMILES string of the molecule is COc1ccc(NC(=O)c2cnn3c(C(F)F)cc(-c4ccccc4)nc23)c([N+](=O)[O-])c1. The van der Waals surface area contributed by atoms with Crippen molar-refractivity contribution in [2.24, 2.45) is 0 Å². The molecule has 1 N–H and O–H groups in total. The highest BCUT2D eigenvalue weighted by atomic mass is 19.3. The van der Waals surface area contributed by atoms with Gasteiger partial charge in [0, 0.05) is 5.56 Å². The van der Waals surface area contributed by atoms with Gasteiger partial charge in [-0.1, -0.05) is 30.3 Å². The van der Waals surface area contributed by atoms with Crippen molar-refractivity contribution < 1.29 is 23.2 Å². The van der Waals surface area contributed by atoms with Crippen LogP contribution in [-0.4, -0.2) is 32.5 Å². The summed E-state index contributed by atoms with van der Waals surface area (Å²) in [6.07, 6.45) is -1.78. The van der Waals surface area contributed by atoms with Crippen molar-refractivity contribution in [2.45, 2.75) is 6.43 Å². The lowest BCUT2D eigenvalue weighted by molar-refractivity contribution is -0.384. The Morgan fingerprint density at radius 3 is 2.59 bits per heavy atom. The number of nitro benzene ring substituents is 1. The lowest BCUT2D eigenvalue weighted by atomic mass is 10.1. The Balaban J connectivity index is 1.79. The lowest BCUT2D eigenvalue weighted by Crippen LogP contribution is -2.14. The van der Waals surface area contributed by atoms with Crippen LogP contribution in [0.15, 0.2) is 60.8 Å². The van der Waals surface area contributed by atoms with Crippen LogP contribution < -0.4 is 10.1 Å². The predicted octanol–water partition coefficient (Wildman–Crippen LogP) is 4.50. The van der Waals surface area contributed by atoms with E-state index in [0.29, 0.717) is 5.56 Å². The fourth-order valence-corrected chi connectivity index (χ4v) is 3.14. The molecule has 2 heterocycles. The molecule has 0 bridgehead atoms. The van der Waals surface area contributed by atoms with Gasteiger partial charge in [0.15, 0.2) is 5.65 Å². The number of ether oxygens (including phenoxy) is 1. The van der Waals surface area contributed by atoms with Crippen LogP contribution in [0.5, 0.6) is 5.75 Å². The molecule has 0 spiro atoms. The van der Waals surface area contributed by atoms with E-state index in [4.69, 9.17) is 4.74 Å². The third kappa shape index (κ3) is 3.83. The van der Waals surface area contributed by atoms with Gasteiger partial charge in [-0.25, -0.2) is 18.3 Å². The number of carbonyl (C=O) groups is 1. The van der Waals surface area contributed by atoms with Crippen molar-refractivity contribution in [2.75, 3.05) is 12.4 Å². The first kappa shape index (κ1) is 20.8. The monoisotopic (exact) mass is 439 g/mol. The maximum Gasteiger partial charge on any atom is 0.296 e. The summed E-state index contributed by atoms with van der Waals surface area (Å²) < 4.78 is 33.2. The minimum Gasteiger partial charge on any atom is -0.496 e. The summed E-state index contributed by atoms with van der Waals surface area (Å²) in [5, 5.41) is 17.7. The van der Waals surface area contributed by atoms with E-state index in [-0.39, 0.29) is 34.0 Å². The van der Waals surface area contributed by atoms with Crippen LogP contribution in [0.3, 0.4) is 0 Å². The molecular formula is C21H15F2N5O4. The number of fused-ring (bicyclic) bond motifs is 1. The number of amides is 1. The number of carbonyl (C=O) groups excluding carboxylic acids is 1. The first-order valence-electron chi connectivity index (χ1n) is 9.25. The quantitative estimate of drug-likeness (QED) is 0.350. The molecule has 0 saturated heterocycles. The molecule has 2 aromatic heterocycles. The summed E-state index contributed by atoms with van der Waals surface area (Å²) in [6.45, 7) is 0. The van der Waals surface area contributed by atoms with E-state index in [1.54, 1.807) is 30.3 Å². The minimum absolute atomic E-state index is 0.0894. The largest absolute Gasteiger partial charge is 0.496 e. The first-order chi connectivity index (χ1) is 15.4. The summed E-state index contributed by atoms with van der Waals surface area (Å²) in [5.41, 5.74) is -0.323. The molecular weight excluding hydrogens is 424 g/mol. The van der Waals surface area contributed by atoms with Gasteiger partial charge in [0.2, 0.25) is 0 Å². The molecule has 32 heavy (non-hydrogen) atoms. The molecule has 1 amide bonds. The Hall–Kier alpha value is -4.41. The highest BCUT2D eigenvalue weighted by Crippen LogP contribution is 2.30. The van der Waals surface area contributed by atoms with Crippen LogP contribution >= 0.6 is 0 Å². The fraction of sp³-hybridized carbons (Fsp3) is 0.0952. The van der Waals surface area contributed by atoms with Gasteiger partial charge < -0.3 is 10.1 Å². The van der Waals surface area contributed by atoms with Gasteiger partial charge in [0.25, 0.3) is 18.0 Å². The Morgan fingerprint density at radius 1 is 1.19 bits per heavy atom. The highest BCUT2D eigenvalue weighted by Gasteiger charge is 2.24. The van der Waals surface area contributed by atoms with Crippen molar-refractivity contribution >= 4 is 22.9 Å². The molecule has 0 fully saturated rings. The fourth-order valence-electron chi connectivity index (χ4n) is 3.14. The van der Waals surface area contributed by atoms with Crippen molar-refractivity contribution in [1.29, 1.82) is 0 Å². The average molecular weight is 439 g/mol. The summed E-state index contributed by atoms with van der Waals surface area (Å²) in [5.74, 6) is -0.548. The second kappa shape index (κ2) is 8.38. The van der Waals surface area contributed by atoms with E-state index >= 15 is 0 Å². The standard InChI is InChI=1S/C21H15F2N5O4/c1-32-13-7-8-15(17(9-13)28(30)31)26-21(29)14-11-24-27-18(19(22)23)10-16(25-20(14)27)12-5-3-2-4-6-12/h2-11,19H,1H3,(H,26,29). The summed E-state index contributed by atoms with van der Waals surface area (Å²) >= 11 is 0. The number of nitrogens with one attached hydrogen (secondary N) is 1. The van der Waals surface area contributed by atoms with Gasteiger partial charge in [-0.15, -0.1) is 0 Å². The summed E-state index contributed by atoms with van der Waals surface area (Å²) in [4.78, 5) is 28.0. The third-order valence-electron chi connectivity index (χ3n) is 4.69. The number of alkyl halides is 2. The molecule has 0 aliphatic carbocycles. The van der Waals surface area contributed by atoms with E-state index in [1.807, 2.05) is 0 Å². The predicted molar refractivity (Wildman–Crippen MR) is 111 cm³/mol. The van der Waals surface area contributed by atoms with Gasteiger partial charge >= 0.3 is 0 Å².